The van der Waals surface area contributed by atoms with E-state index in [1.165, 1.54) is 24.4 Å². The lowest BCUT2D eigenvalue weighted by atomic mass is 9.86. The Kier molecular flexibility index (Phi) is 7.64. The van der Waals surface area contributed by atoms with Gasteiger partial charge in [-0.2, -0.15) is 0 Å². The Bertz CT molecular complexity index is 1640. The fourth-order valence-electron chi connectivity index (χ4n) is 4.19. The smallest absolute Gasteiger partial charge is 0.328 e. The fraction of sp³-hybridized carbons (Fsp3) is 0.231. The fourth-order valence-corrected chi connectivity index (χ4v) is 7.16. The van der Waals surface area contributed by atoms with Gasteiger partial charge >= 0.3 is 5.97 Å². The number of hydrogen-bond donors (Lipinski definition) is 1. The number of pyridine rings is 1. The molecule has 0 aliphatic rings. The van der Waals surface area contributed by atoms with E-state index in [9.17, 15) is 22.5 Å². The highest BCUT2D eigenvalue weighted by molar-refractivity contribution is 7.93. The number of aromatic nitrogens is 2. The summed E-state index contributed by atoms with van der Waals surface area (Å²) in [6.45, 7) is 4.98. The molecule has 2 heterocycles. The molecule has 0 spiro atoms. The average Bonchev–Trinajstić information content (AvgIpc) is 3.24. The molecule has 4 rings (SSSR count). The van der Waals surface area contributed by atoms with Gasteiger partial charge in [-0.15, -0.1) is 0 Å². The molecular formula is C26H25Cl2N3O5S2. The van der Waals surface area contributed by atoms with Gasteiger partial charge in [0.25, 0.3) is 10.0 Å². The molecule has 200 valence electrons. The highest BCUT2D eigenvalue weighted by Gasteiger charge is 2.43. The molecule has 0 saturated heterocycles. The van der Waals surface area contributed by atoms with Gasteiger partial charge in [0.05, 0.1) is 31.8 Å². The number of benzene rings is 2. The van der Waals surface area contributed by atoms with E-state index in [2.05, 4.69) is 4.98 Å². The molecule has 0 fully saturated rings. The number of halogens is 2. The molecule has 0 amide bonds. The summed E-state index contributed by atoms with van der Waals surface area (Å²) in [6.07, 6.45) is 4.88. The van der Waals surface area contributed by atoms with Crippen LogP contribution >= 0.6 is 23.2 Å². The molecular weight excluding hydrogens is 569 g/mol. The molecule has 38 heavy (non-hydrogen) atoms. The number of nitrogens with zero attached hydrogens (tertiary/aromatic N) is 3. The van der Waals surface area contributed by atoms with Gasteiger partial charge in [-0.3, -0.25) is 8.51 Å². The zero-order chi connectivity index (χ0) is 28.0. The van der Waals surface area contributed by atoms with Crippen molar-refractivity contribution >= 4 is 66.6 Å². The lowest BCUT2D eigenvalue weighted by Gasteiger charge is -2.37. The Morgan fingerprint density at radius 3 is 2.24 bits per heavy atom. The van der Waals surface area contributed by atoms with Crippen LogP contribution in [-0.4, -0.2) is 45.6 Å². The van der Waals surface area contributed by atoms with Crippen molar-refractivity contribution < 1.29 is 22.5 Å². The Balaban J connectivity index is 1.90. The molecule has 0 saturated carbocycles. The number of carboxylic acids is 1. The summed E-state index contributed by atoms with van der Waals surface area (Å²) in [6, 6.07) is 12.6. The molecule has 2 atom stereocenters. The number of anilines is 1. The van der Waals surface area contributed by atoms with Crippen LogP contribution in [0.4, 0.5) is 5.69 Å². The molecule has 0 aliphatic heterocycles. The van der Waals surface area contributed by atoms with E-state index in [0.717, 1.165) is 9.82 Å². The van der Waals surface area contributed by atoms with Gasteiger partial charge in [-0.25, -0.2) is 18.2 Å². The van der Waals surface area contributed by atoms with Gasteiger partial charge in [0.2, 0.25) is 0 Å². The van der Waals surface area contributed by atoms with Crippen LogP contribution in [0.1, 0.15) is 20.8 Å². The zero-order valence-corrected chi connectivity index (χ0v) is 24.1. The summed E-state index contributed by atoms with van der Waals surface area (Å²) in [5, 5.41) is 11.1. The minimum Gasteiger partial charge on any atom is -0.480 e. The van der Waals surface area contributed by atoms with E-state index in [1.54, 1.807) is 74.2 Å². The van der Waals surface area contributed by atoms with Gasteiger partial charge < -0.3 is 9.67 Å². The quantitative estimate of drug-likeness (QED) is 0.291. The third-order valence-electron chi connectivity index (χ3n) is 5.91. The van der Waals surface area contributed by atoms with Crippen molar-refractivity contribution in [2.45, 2.75) is 36.6 Å². The molecule has 2 unspecified atom stereocenters. The van der Waals surface area contributed by atoms with Crippen molar-refractivity contribution in [1.82, 2.24) is 9.55 Å². The first kappa shape index (κ1) is 28.1. The molecule has 0 bridgehead atoms. The molecule has 4 aromatic rings. The maximum absolute atomic E-state index is 14.0. The van der Waals surface area contributed by atoms with Crippen LogP contribution < -0.4 is 4.31 Å². The predicted molar refractivity (Wildman–Crippen MR) is 150 cm³/mol. The lowest BCUT2D eigenvalue weighted by Crippen LogP contribution is -2.52. The monoisotopic (exact) mass is 593 g/mol. The maximum Gasteiger partial charge on any atom is 0.328 e. The molecule has 2 aromatic heterocycles. The number of sulfonamides is 1. The van der Waals surface area contributed by atoms with Crippen LogP contribution in [0.2, 0.25) is 10.0 Å². The second-order valence-corrected chi connectivity index (χ2v) is 13.8. The Hall–Kier alpha value is -2.92. The van der Waals surface area contributed by atoms with Gasteiger partial charge in [0, 0.05) is 34.1 Å². The van der Waals surface area contributed by atoms with Crippen molar-refractivity contribution in [3.05, 3.63) is 77.0 Å². The zero-order valence-electron chi connectivity index (χ0n) is 20.9. The van der Waals surface area contributed by atoms with Crippen LogP contribution in [0, 0.1) is 5.41 Å². The standard InChI is InChI=1S/C26H25Cl2N3O5S2/c1-26(2,3)24(25(32)33)31(38(35,36)21-13-17(27)12-18(28)14-21)19-5-7-22-16(11-19)9-10-30(22)23-8-6-20(15-29-23)37(4)34/h5-15,24H,1-4H3,(H,32,33). The van der Waals surface area contributed by atoms with Crippen LogP contribution in [0.3, 0.4) is 0 Å². The molecule has 2 aromatic carbocycles. The van der Waals surface area contributed by atoms with Crippen LogP contribution in [0.25, 0.3) is 16.7 Å². The first-order chi connectivity index (χ1) is 17.7. The number of hydrogen-bond acceptors (Lipinski definition) is 5. The van der Waals surface area contributed by atoms with Crippen LogP contribution in [0.5, 0.6) is 0 Å². The number of rotatable bonds is 7. The summed E-state index contributed by atoms with van der Waals surface area (Å²) in [5.41, 5.74) is -0.0940. The second kappa shape index (κ2) is 10.3. The highest BCUT2D eigenvalue weighted by atomic mass is 35.5. The molecule has 0 radical (unpaired) electrons. The van der Waals surface area contributed by atoms with E-state index in [4.69, 9.17) is 23.2 Å². The lowest BCUT2D eigenvalue weighted by molar-refractivity contribution is -0.140. The van der Waals surface area contributed by atoms with Crippen molar-refractivity contribution in [3.8, 4) is 5.82 Å². The first-order valence-corrected chi connectivity index (χ1v) is 15.1. The van der Waals surface area contributed by atoms with Crippen molar-refractivity contribution in [2.24, 2.45) is 5.41 Å². The summed E-state index contributed by atoms with van der Waals surface area (Å²) in [7, 11) is -5.58. The Morgan fingerprint density at radius 1 is 1.05 bits per heavy atom. The minimum absolute atomic E-state index is 0.108. The predicted octanol–water partition coefficient (Wildman–Crippen LogP) is 5.76. The Labute approximate surface area is 233 Å². The summed E-state index contributed by atoms with van der Waals surface area (Å²) in [5.74, 6) is -0.720. The second-order valence-electron chi connectivity index (χ2n) is 9.75. The largest absolute Gasteiger partial charge is 0.480 e. The molecule has 1 N–H and O–H groups in total. The third kappa shape index (κ3) is 5.44. The number of aliphatic carboxylic acids is 1. The van der Waals surface area contributed by atoms with Gasteiger partial charge in [-0.1, -0.05) is 44.0 Å². The van der Waals surface area contributed by atoms with E-state index >= 15 is 0 Å². The number of carbonyl (C=O) groups is 1. The topological polar surface area (TPSA) is 110 Å². The number of fused-ring (bicyclic) bond motifs is 1. The summed E-state index contributed by atoms with van der Waals surface area (Å²) in [4.78, 5) is 17.3. The molecule has 0 aliphatic carbocycles. The molecule has 8 nitrogen and oxygen atoms in total. The van der Waals surface area contributed by atoms with Crippen molar-refractivity contribution in [3.63, 3.8) is 0 Å². The van der Waals surface area contributed by atoms with E-state index in [-0.39, 0.29) is 20.6 Å². The van der Waals surface area contributed by atoms with E-state index in [0.29, 0.717) is 16.1 Å². The maximum atomic E-state index is 14.0. The normalized spacial score (nSPS) is 13.8. The van der Waals surface area contributed by atoms with E-state index in [1.807, 2.05) is 0 Å². The average molecular weight is 595 g/mol. The van der Waals surface area contributed by atoms with Crippen LogP contribution in [0.15, 0.2) is 76.8 Å². The first-order valence-electron chi connectivity index (χ1n) is 11.3. The van der Waals surface area contributed by atoms with Crippen molar-refractivity contribution in [1.29, 1.82) is 0 Å². The minimum atomic E-state index is -4.42. The van der Waals surface area contributed by atoms with Crippen molar-refractivity contribution in [2.75, 3.05) is 10.6 Å². The highest BCUT2D eigenvalue weighted by Crippen LogP contribution is 2.37. The SMILES string of the molecule is CS(=O)c1ccc(-n2ccc3cc(N(C(C(=O)O)C(C)(C)C)S(=O)(=O)c4cc(Cl)cc(Cl)c4)ccc32)nc1. The van der Waals surface area contributed by atoms with Gasteiger partial charge in [0.15, 0.2) is 0 Å². The summed E-state index contributed by atoms with van der Waals surface area (Å²) < 4.78 is 42.4. The molecule has 12 heteroatoms. The number of carboxylic acid groups (broad SMARTS) is 1. The Morgan fingerprint density at radius 2 is 1.71 bits per heavy atom. The van der Waals surface area contributed by atoms with Gasteiger partial charge in [-0.05, 0) is 60.0 Å². The van der Waals surface area contributed by atoms with Crippen LogP contribution in [-0.2, 0) is 25.6 Å². The van der Waals surface area contributed by atoms with E-state index < -0.39 is 38.2 Å². The third-order valence-corrected chi connectivity index (χ3v) is 9.02. The van der Waals surface area contributed by atoms with Gasteiger partial charge in [0.1, 0.15) is 11.9 Å². The summed E-state index contributed by atoms with van der Waals surface area (Å²) >= 11 is 12.2.